The van der Waals surface area contributed by atoms with Crippen LogP contribution >= 0.6 is 27.3 Å². The number of aryl methyl sites for hydroxylation is 1. The molecule has 0 radical (unpaired) electrons. The average molecular weight is 343 g/mol. The molecule has 0 bridgehead atoms. The first-order valence-corrected chi connectivity index (χ1v) is 9.37. The van der Waals surface area contributed by atoms with Crippen molar-refractivity contribution in [1.82, 2.24) is 0 Å². The maximum Gasteiger partial charge on any atom is 0.0181 e. The second-order valence-electron chi connectivity index (χ2n) is 6.93. The second kappa shape index (κ2) is 6.30. The van der Waals surface area contributed by atoms with Gasteiger partial charge in [-0.25, -0.2) is 0 Å². The Morgan fingerprint density at radius 1 is 1.26 bits per heavy atom. The molecule has 0 amide bonds. The van der Waals surface area contributed by atoms with Crippen molar-refractivity contribution in [1.29, 1.82) is 0 Å². The van der Waals surface area contributed by atoms with Crippen molar-refractivity contribution in [3.8, 4) is 0 Å². The Kier molecular flexibility index (Phi) is 5.16. The first-order valence-electron chi connectivity index (χ1n) is 7.64. The van der Waals surface area contributed by atoms with Gasteiger partial charge in [0.15, 0.2) is 0 Å². The Morgan fingerprint density at radius 3 is 2.53 bits per heavy atom. The Bertz CT molecular complexity index is 407. The standard InChI is InChI=1S/C17H27BrS/c1-5-13-7-8-14(19-13)11-17(3,4)15-9-6-12(2)10-16(15)18/h7-8,12,15-16H,5-6,9-11H2,1-4H3. The maximum atomic E-state index is 3.97. The third-order valence-electron chi connectivity index (χ3n) is 4.73. The number of rotatable bonds is 4. The molecular formula is C17H27BrS. The molecule has 0 saturated heterocycles. The van der Waals surface area contributed by atoms with Gasteiger partial charge in [-0.05, 0) is 55.1 Å². The maximum absolute atomic E-state index is 3.97. The van der Waals surface area contributed by atoms with Crippen LogP contribution in [0.4, 0.5) is 0 Å². The summed E-state index contributed by atoms with van der Waals surface area (Å²) in [5, 5.41) is 0. The van der Waals surface area contributed by atoms with Gasteiger partial charge in [-0.3, -0.25) is 0 Å². The first-order chi connectivity index (χ1) is 8.92. The zero-order valence-electron chi connectivity index (χ0n) is 12.7. The van der Waals surface area contributed by atoms with Gasteiger partial charge in [-0.1, -0.05) is 50.0 Å². The number of thiophene rings is 1. The lowest BCUT2D eigenvalue weighted by molar-refractivity contribution is 0.148. The fraction of sp³-hybridized carbons (Fsp3) is 0.765. The Balaban J connectivity index is 2.04. The molecule has 0 aromatic carbocycles. The number of hydrogen-bond acceptors (Lipinski definition) is 1. The molecule has 3 atom stereocenters. The predicted octanol–water partition coefficient (Wildman–Crippen LogP) is 6.08. The summed E-state index contributed by atoms with van der Waals surface area (Å²) in [6, 6.07) is 4.66. The Labute approximate surface area is 131 Å². The Morgan fingerprint density at radius 2 is 1.95 bits per heavy atom. The van der Waals surface area contributed by atoms with Gasteiger partial charge in [0.2, 0.25) is 0 Å². The van der Waals surface area contributed by atoms with E-state index in [1.807, 2.05) is 11.3 Å². The van der Waals surface area contributed by atoms with Crippen molar-refractivity contribution < 1.29 is 0 Å². The van der Waals surface area contributed by atoms with E-state index >= 15 is 0 Å². The molecule has 0 aliphatic heterocycles. The molecule has 0 spiro atoms. The van der Waals surface area contributed by atoms with Gasteiger partial charge in [0.25, 0.3) is 0 Å². The molecule has 1 aromatic rings. The first kappa shape index (κ1) is 15.6. The van der Waals surface area contributed by atoms with Crippen LogP contribution in [-0.2, 0) is 12.8 Å². The van der Waals surface area contributed by atoms with Gasteiger partial charge in [-0.2, -0.15) is 0 Å². The smallest absolute Gasteiger partial charge is 0.0181 e. The van der Waals surface area contributed by atoms with Crippen molar-refractivity contribution >= 4 is 27.3 Å². The van der Waals surface area contributed by atoms with Gasteiger partial charge in [0, 0.05) is 14.6 Å². The van der Waals surface area contributed by atoms with Crippen LogP contribution in [0.3, 0.4) is 0 Å². The third-order valence-corrected chi connectivity index (χ3v) is 6.98. The minimum Gasteiger partial charge on any atom is -0.145 e. The van der Waals surface area contributed by atoms with Crippen LogP contribution in [0, 0.1) is 17.3 Å². The highest BCUT2D eigenvalue weighted by Gasteiger charge is 2.37. The SMILES string of the molecule is CCc1ccc(CC(C)(C)C2CCC(C)CC2Br)s1. The van der Waals surface area contributed by atoms with Gasteiger partial charge in [-0.15, -0.1) is 11.3 Å². The number of halogens is 1. The molecule has 19 heavy (non-hydrogen) atoms. The van der Waals surface area contributed by atoms with Crippen LogP contribution in [0.15, 0.2) is 12.1 Å². The zero-order chi connectivity index (χ0) is 14.0. The average Bonchev–Trinajstić information content (AvgIpc) is 2.75. The molecule has 1 aliphatic rings. The van der Waals surface area contributed by atoms with Crippen molar-refractivity contribution in [3.05, 3.63) is 21.9 Å². The van der Waals surface area contributed by atoms with Crippen molar-refractivity contribution in [2.45, 2.75) is 64.6 Å². The number of alkyl halides is 1. The highest BCUT2D eigenvalue weighted by molar-refractivity contribution is 9.09. The summed E-state index contributed by atoms with van der Waals surface area (Å²) in [7, 11) is 0. The molecule has 1 saturated carbocycles. The highest BCUT2D eigenvalue weighted by Crippen LogP contribution is 2.45. The van der Waals surface area contributed by atoms with Gasteiger partial charge >= 0.3 is 0 Å². The molecule has 1 fully saturated rings. The summed E-state index contributed by atoms with van der Waals surface area (Å²) in [4.78, 5) is 3.80. The van der Waals surface area contributed by atoms with Gasteiger partial charge < -0.3 is 0 Å². The predicted molar refractivity (Wildman–Crippen MR) is 90.4 cm³/mol. The van der Waals surface area contributed by atoms with E-state index in [1.165, 1.54) is 37.0 Å². The lowest BCUT2D eigenvalue weighted by Gasteiger charge is -2.42. The molecule has 1 aromatic heterocycles. The van der Waals surface area contributed by atoms with Gasteiger partial charge in [0.1, 0.15) is 0 Å². The van der Waals surface area contributed by atoms with Crippen LogP contribution in [0.5, 0.6) is 0 Å². The van der Waals surface area contributed by atoms with Crippen LogP contribution in [0.2, 0.25) is 0 Å². The molecule has 1 heterocycles. The molecule has 108 valence electrons. The molecule has 0 N–H and O–H groups in total. The summed E-state index contributed by atoms with van der Waals surface area (Å²) in [6.07, 6.45) is 6.54. The summed E-state index contributed by atoms with van der Waals surface area (Å²) in [5.41, 5.74) is 0.407. The second-order valence-corrected chi connectivity index (χ2v) is 9.36. The van der Waals surface area contributed by atoms with Gasteiger partial charge in [0.05, 0.1) is 0 Å². The van der Waals surface area contributed by atoms with E-state index in [-0.39, 0.29) is 0 Å². The van der Waals surface area contributed by atoms with E-state index in [0.29, 0.717) is 10.2 Å². The lowest BCUT2D eigenvalue weighted by Crippen LogP contribution is -2.36. The normalized spacial score (nSPS) is 28.6. The van der Waals surface area contributed by atoms with Crippen molar-refractivity contribution in [2.24, 2.45) is 17.3 Å². The van der Waals surface area contributed by atoms with Crippen molar-refractivity contribution in [3.63, 3.8) is 0 Å². The fourth-order valence-corrected chi connectivity index (χ4v) is 6.29. The largest absolute Gasteiger partial charge is 0.145 e. The molecule has 0 nitrogen and oxygen atoms in total. The quantitative estimate of drug-likeness (QED) is 0.581. The molecule has 1 aliphatic carbocycles. The fourth-order valence-electron chi connectivity index (χ4n) is 3.48. The zero-order valence-corrected chi connectivity index (χ0v) is 15.1. The van der Waals surface area contributed by atoms with E-state index in [1.54, 1.807) is 4.88 Å². The topological polar surface area (TPSA) is 0 Å². The number of hydrogen-bond donors (Lipinski definition) is 0. The van der Waals surface area contributed by atoms with Crippen LogP contribution in [0.1, 0.15) is 56.7 Å². The summed E-state index contributed by atoms with van der Waals surface area (Å²) in [5.74, 6) is 1.71. The van der Waals surface area contributed by atoms with Crippen LogP contribution < -0.4 is 0 Å². The van der Waals surface area contributed by atoms with E-state index in [0.717, 1.165) is 11.8 Å². The lowest BCUT2D eigenvalue weighted by atomic mass is 9.67. The van der Waals surface area contributed by atoms with Crippen LogP contribution in [-0.4, -0.2) is 4.83 Å². The molecule has 2 rings (SSSR count). The molecular weight excluding hydrogens is 316 g/mol. The van der Waals surface area contributed by atoms with E-state index in [9.17, 15) is 0 Å². The van der Waals surface area contributed by atoms with Crippen molar-refractivity contribution in [2.75, 3.05) is 0 Å². The van der Waals surface area contributed by atoms with Crippen LogP contribution in [0.25, 0.3) is 0 Å². The minimum absolute atomic E-state index is 0.407. The van der Waals surface area contributed by atoms with E-state index in [2.05, 4.69) is 55.8 Å². The minimum atomic E-state index is 0.407. The molecule has 2 heteroatoms. The monoisotopic (exact) mass is 342 g/mol. The van der Waals surface area contributed by atoms with E-state index < -0.39 is 0 Å². The third kappa shape index (κ3) is 3.85. The van der Waals surface area contributed by atoms with E-state index in [4.69, 9.17) is 0 Å². The highest BCUT2D eigenvalue weighted by atomic mass is 79.9. The Hall–Kier alpha value is 0.180. The summed E-state index contributed by atoms with van der Waals surface area (Å²) < 4.78 is 0. The molecule has 3 unspecified atom stereocenters. The summed E-state index contributed by atoms with van der Waals surface area (Å²) in [6.45, 7) is 9.57. The summed E-state index contributed by atoms with van der Waals surface area (Å²) >= 11 is 5.98.